The molecule has 3 heterocycles. The first-order valence-corrected chi connectivity index (χ1v) is 8.31. The first-order valence-electron chi connectivity index (χ1n) is 7.32. The highest BCUT2D eigenvalue weighted by molar-refractivity contribution is 8.15. The maximum atomic E-state index is 12.3. The van der Waals surface area contributed by atoms with E-state index in [-0.39, 0.29) is 12.7 Å². The summed E-state index contributed by atoms with van der Waals surface area (Å²) in [5, 5.41) is 0.604. The number of amides is 1. The van der Waals surface area contributed by atoms with Gasteiger partial charge in [-0.1, -0.05) is 17.8 Å². The van der Waals surface area contributed by atoms with Gasteiger partial charge in [-0.05, 0) is 24.6 Å². The van der Waals surface area contributed by atoms with Crippen molar-refractivity contribution < 1.29 is 23.8 Å². The number of methoxy groups -OCH3 is 1. The molecule has 1 saturated heterocycles. The molecule has 1 aromatic carbocycles. The fourth-order valence-electron chi connectivity index (χ4n) is 2.97. The van der Waals surface area contributed by atoms with E-state index in [1.807, 2.05) is 12.1 Å². The van der Waals surface area contributed by atoms with Gasteiger partial charge in [-0.25, -0.2) is 9.79 Å². The van der Waals surface area contributed by atoms with Crippen LogP contribution in [-0.4, -0.2) is 41.6 Å². The molecule has 0 spiro atoms. The van der Waals surface area contributed by atoms with Gasteiger partial charge in [0.05, 0.1) is 18.4 Å². The highest BCUT2D eigenvalue weighted by Crippen LogP contribution is 2.42. The van der Waals surface area contributed by atoms with Crippen LogP contribution in [-0.2, 0) is 14.3 Å². The van der Waals surface area contributed by atoms with E-state index >= 15 is 0 Å². The van der Waals surface area contributed by atoms with Gasteiger partial charge in [-0.3, -0.25) is 9.69 Å². The van der Waals surface area contributed by atoms with Crippen LogP contribution in [0.5, 0.6) is 11.5 Å². The molecule has 0 aliphatic carbocycles. The van der Waals surface area contributed by atoms with Crippen molar-refractivity contribution in [1.29, 1.82) is 0 Å². The van der Waals surface area contributed by atoms with Crippen LogP contribution in [0.25, 0.3) is 0 Å². The van der Waals surface area contributed by atoms with Crippen LogP contribution < -0.4 is 9.47 Å². The molecule has 24 heavy (non-hydrogen) atoms. The number of allylic oxidation sites excluding steroid dienone is 1. The Morgan fingerprint density at radius 3 is 2.96 bits per heavy atom. The molecule has 0 unspecified atom stereocenters. The van der Waals surface area contributed by atoms with Gasteiger partial charge >= 0.3 is 5.97 Å². The van der Waals surface area contributed by atoms with Crippen molar-refractivity contribution >= 4 is 28.8 Å². The molecule has 3 aliphatic heterocycles. The lowest BCUT2D eigenvalue weighted by Crippen LogP contribution is -2.34. The molecule has 1 atom stereocenters. The van der Waals surface area contributed by atoms with E-state index in [0.29, 0.717) is 33.7 Å². The normalized spacial score (nSPS) is 21.8. The van der Waals surface area contributed by atoms with Crippen molar-refractivity contribution in [2.75, 3.05) is 19.7 Å². The number of nitrogens with zero attached hydrogens (tertiary/aromatic N) is 2. The monoisotopic (exact) mass is 346 g/mol. The summed E-state index contributed by atoms with van der Waals surface area (Å²) in [6.07, 6.45) is 0. The average Bonchev–Trinajstić information content (AvgIpc) is 3.20. The van der Waals surface area contributed by atoms with Gasteiger partial charge in [-0.2, -0.15) is 0 Å². The molecular weight excluding hydrogens is 332 g/mol. The zero-order chi connectivity index (χ0) is 16.8. The molecule has 0 N–H and O–H groups in total. The Kier molecular flexibility index (Phi) is 3.49. The van der Waals surface area contributed by atoms with Gasteiger partial charge in [-0.15, -0.1) is 0 Å². The predicted molar refractivity (Wildman–Crippen MR) is 86.8 cm³/mol. The number of hydrogen-bond acceptors (Lipinski definition) is 7. The van der Waals surface area contributed by atoms with Crippen LogP contribution in [0.3, 0.4) is 0 Å². The molecule has 1 fully saturated rings. The van der Waals surface area contributed by atoms with Crippen molar-refractivity contribution in [3.63, 3.8) is 0 Å². The van der Waals surface area contributed by atoms with E-state index in [1.54, 1.807) is 13.0 Å². The number of rotatable bonds is 2. The molecule has 7 nitrogen and oxygen atoms in total. The summed E-state index contributed by atoms with van der Waals surface area (Å²) in [5.74, 6) is 1.02. The smallest absolute Gasteiger partial charge is 0.338 e. The molecule has 0 saturated carbocycles. The number of carbonyl (C=O) groups excluding carboxylic acids is 2. The second-order valence-electron chi connectivity index (χ2n) is 5.44. The fraction of sp³-hybridized carbons (Fsp3) is 0.312. The van der Waals surface area contributed by atoms with Gasteiger partial charge in [0.1, 0.15) is 6.04 Å². The fourth-order valence-corrected chi connectivity index (χ4v) is 3.90. The van der Waals surface area contributed by atoms with E-state index in [9.17, 15) is 9.59 Å². The Hall–Kier alpha value is -2.48. The number of benzene rings is 1. The minimum atomic E-state index is -0.545. The van der Waals surface area contributed by atoms with Gasteiger partial charge in [0.2, 0.25) is 12.7 Å². The first-order chi connectivity index (χ1) is 11.6. The summed E-state index contributed by atoms with van der Waals surface area (Å²) in [7, 11) is 1.32. The largest absolute Gasteiger partial charge is 0.466 e. The number of hydrogen-bond donors (Lipinski definition) is 0. The molecule has 0 bridgehead atoms. The standard InChI is InChI=1S/C16H14N2O5S/c1-8-13(15(20)21-2)14(17-16-18(8)12(19)6-24-16)9-3-4-10-11(5-9)23-7-22-10/h3-5,14H,6-7H2,1-2H3/t14-/m1/s1. The SMILES string of the molecule is COC(=O)C1=C(C)N2C(=O)CSC2=N[C@@H]1c1ccc2c(c1)OCO2. The van der Waals surface area contributed by atoms with E-state index in [1.165, 1.54) is 23.8 Å². The van der Waals surface area contributed by atoms with Crippen molar-refractivity contribution in [1.82, 2.24) is 4.90 Å². The van der Waals surface area contributed by atoms with Crippen LogP contribution in [0.4, 0.5) is 0 Å². The molecule has 3 aliphatic rings. The summed E-state index contributed by atoms with van der Waals surface area (Å²) in [5.41, 5.74) is 1.70. The van der Waals surface area contributed by atoms with Gasteiger partial charge in [0.25, 0.3) is 0 Å². The Morgan fingerprint density at radius 2 is 2.17 bits per heavy atom. The Labute approximate surface area is 142 Å². The lowest BCUT2D eigenvalue weighted by Gasteiger charge is -2.29. The topological polar surface area (TPSA) is 77.4 Å². The average molecular weight is 346 g/mol. The number of aliphatic imine (C=N–C) groups is 1. The number of esters is 1. The quantitative estimate of drug-likeness (QED) is 0.761. The zero-order valence-corrected chi connectivity index (χ0v) is 13.9. The van der Waals surface area contributed by atoms with Crippen molar-refractivity contribution in [3.05, 3.63) is 35.0 Å². The predicted octanol–water partition coefficient (Wildman–Crippen LogP) is 1.85. The molecule has 1 amide bonds. The third-order valence-corrected chi connectivity index (χ3v) is 5.06. The minimum absolute atomic E-state index is 0.0817. The maximum absolute atomic E-state index is 12.3. The second-order valence-corrected chi connectivity index (χ2v) is 6.38. The second kappa shape index (κ2) is 5.55. The Morgan fingerprint density at radius 1 is 1.38 bits per heavy atom. The van der Waals surface area contributed by atoms with Crippen LogP contribution in [0.1, 0.15) is 18.5 Å². The molecular formula is C16H14N2O5S. The van der Waals surface area contributed by atoms with Gasteiger partial charge in [0.15, 0.2) is 16.7 Å². The molecule has 124 valence electrons. The van der Waals surface area contributed by atoms with E-state index in [0.717, 1.165) is 5.56 Å². The highest BCUT2D eigenvalue weighted by atomic mass is 32.2. The first kappa shape index (κ1) is 15.1. The summed E-state index contributed by atoms with van der Waals surface area (Å²) in [6.45, 7) is 1.92. The van der Waals surface area contributed by atoms with E-state index < -0.39 is 12.0 Å². The van der Waals surface area contributed by atoms with Crippen molar-refractivity contribution in [3.8, 4) is 11.5 Å². The summed E-state index contributed by atoms with van der Waals surface area (Å²) < 4.78 is 15.7. The molecule has 0 aromatic heterocycles. The summed E-state index contributed by atoms with van der Waals surface area (Å²) >= 11 is 1.37. The molecule has 8 heteroatoms. The lowest BCUT2D eigenvalue weighted by molar-refractivity contribution is -0.136. The maximum Gasteiger partial charge on any atom is 0.338 e. The number of fused-ring (bicyclic) bond motifs is 2. The van der Waals surface area contributed by atoms with Gasteiger partial charge < -0.3 is 14.2 Å². The van der Waals surface area contributed by atoms with E-state index in [2.05, 4.69) is 4.99 Å². The van der Waals surface area contributed by atoms with Crippen molar-refractivity contribution in [2.24, 2.45) is 4.99 Å². The van der Waals surface area contributed by atoms with Crippen LogP contribution in [0.2, 0.25) is 0 Å². The van der Waals surface area contributed by atoms with Crippen LogP contribution in [0, 0.1) is 0 Å². The van der Waals surface area contributed by atoms with Crippen LogP contribution in [0.15, 0.2) is 34.5 Å². The van der Waals surface area contributed by atoms with Gasteiger partial charge in [0, 0.05) is 5.70 Å². The number of thioether (sulfide) groups is 1. The highest BCUT2D eigenvalue weighted by Gasteiger charge is 2.40. The summed E-state index contributed by atoms with van der Waals surface area (Å²) in [6, 6.07) is 4.90. The number of ether oxygens (including phenoxy) is 3. The summed E-state index contributed by atoms with van der Waals surface area (Å²) in [4.78, 5) is 30.5. The number of amidine groups is 1. The Bertz CT molecular complexity index is 817. The lowest BCUT2D eigenvalue weighted by atomic mass is 9.95. The molecule has 4 rings (SSSR count). The third-order valence-electron chi connectivity index (χ3n) is 4.12. The van der Waals surface area contributed by atoms with Crippen molar-refractivity contribution in [2.45, 2.75) is 13.0 Å². The zero-order valence-electron chi connectivity index (χ0n) is 13.1. The third kappa shape index (κ3) is 2.17. The number of carbonyl (C=O) groups is 2. The minimum Gasteiger partial charge on any atom is -0.466 e. The molecule has 0 radical (unpaired) electrons. The van der Waals surface area contributed by atoms with Crippen LogP contribution >= 0.6 is 11.8 Å². The Balaban J connectivity index is 1.83. The molecule has 1 aromatic rings. The van der Waals surface area contributed by atoms with E-state index in [4.69, 9.17) is 14.2 Å².